The molecule has 1 saturated heterocycles. The Balaban J connectivity index is 1.74. The lowest BCUT2D eigenvalue weighted by molar-refractivity contribution is -0.127. The van der Waals surface area contributed by atoms with Crippen LogP contribution in [0.3, 0.4) is 0 Å². The molecule has 2 fully saturated rings. The van der Waals surface area contributed by atoms with Gasteiger partial charge in [-0.05, 0) is 23.6 Å². The van der Waals surface area contributed by atoms with Gasteiger partial charge in [0.1, 0.15) is 17.5 Å². The van der Waals surface area contributed by atoms with Gasteiger partial charge in [-0.3, -0.25) is 9.59 Å². The lowest BCUT2D eigenvalue weighted by Gasteiger charge is -2.37. The fraction of sp³-hybridized carbons (Fsp3) is 0.286. The van der Waals surface area contributed by atoms with Crippen LogP contribution in [0.4, 0.5) is 0 Å². The average Bonchev–Trinajstić information content (AvgIpc) is 2.68. The number of nitrogens with zero attached hydrogens (tertiary/aromatic N) is 1. The molecule has 1 saturated carbocycles. The number of fused-ring (bicyclic) bond motifs is 2. The van der Waals surface area contributed by atoms with E-state index in [-0.39, 0.29) is 35.0 Å². The van der Waals surface area contributed by atoms with Crippen molar-refractivity contribution < 1.29 is 9.59 Å². The predicted molar refractivity (Wildman–Crippen MR) is 97.9 cm³/mol. The van der Waals surface area contributed by atoms with Crippen molar-refractivity contribution in [1.82, 2.24) is 10.6 Å². The number of nitriles is 1. The summed E-state index contributed by atoms with van der Waals surface area (Å²) in [5.41, 5.74) is 0.424. The molecule has 0 spiro atoms. The standard InChI is InChI=1S/C21H19N3O2/c22-12-17(20-23-18-11-4-3-9-16(18)21(26)24-20)19(25)15-10-5-7-13-6-1-2-8-14(13)15/h1-2,5-8,10,16,18,23H,3-4,9,11H2,(H,24,26)/b20-17+. The van der Waals surface area contributed by atoms with Crippen LogP contribution in [-0.2, 0) is 4.79 Å². The molecule has 2 aliphatic rings. The third-order valence-corrected chi connectivity index (χ3v) is 5.30. The molecule has 1 heterocycles. The number of amides is 1. The molecular weight excluding hydrogens is 326 g/mol. The van der Waals surface area contributed by atoms with Crippen molar-refractivity contribution in [3.8, 4) is 6.07 Å². The van der Waals surface area contributed by atoms with E-state index < -0.39 is 0 Å². The summed E-state index contributed by atoms with van der Waals surface area (Å²) in [6, 6.07) is 15.0. The van der Waals surface area contributed by atoms with Gasteiger partial charge in [0.2, 0.25) is 11.7 Å². The van der Waals surface area contributed by atoms with E-state index in [0.29, 0.717) is 5.56 Å². The van der Waals surface area contributed by atoms with Gasteiger partial charge in [-0.2, -0.15) is 5.26 Å². The van der Waals surface area contributed by atoms with E-state index >= 15 is 0 Å². The minimum absolute atomic E-state index is 0.00355. The molecule has 26 heavy (non-hydrogen) atoms. The first-order valence-corrected chi connectivity index (χ1v) is 8.93. The molecule has 2 aromatic carbocycles. The van der Waals surface area contributed by atoms with E-state index in [9.17, 15) is 14.9 Å². The second-order valence-electron chi connectivity index (χ2n) is 6.85. The van der Waals surface area contributed by atoms with E-state index in [1.165, 1.54) is 0 Å². The van der Waals surface area contributed by atoms with Gasteiger partial charge >= 0.3 is 0 Å². The molecule has 4 rings (SSSR count). The van der Waals surface area contributed by atoms with Crippen LogP contribution in [0.25, 0.3) is 10.8 Å². The molecule has 2 atom stereocenters. The fourth-order valence-electron chi connectivity index (χ4n) is 3.97. The third-order valence-electron chi connectivity index (χ3n) is 5.30. The summed E-state index contributed by atoms with van der Waals surface area (Å²) in [5, 5.41) is 17.4. The summed E-state index contributed by atoms with van der Waals surface area (Å²) < 4.78 is 0. The Morgan fingerprint density at radius 2 is 1.85 bits per heavy atom. The highest BCUT2D eigenvalue weighted by Crippen LogP contribution is 2.29. The lowest BCUT2D eigenvalue weighted by atomic mass is 9.82. The van der Waals surface area contributed by atoms with Gasteiger partial charge in [0, 0.05) is 11.6 Å². The molecule has 2 unspecified atom stereocenters. The van der Waals surface area contributed by atoms with Crippen LogP contribution < -0.4 is 10.6 Å². The topological polar surface area (TPSA) is 82.0 Å². The van der Waals surface area contributed by atoms with E-state index in [0.717, 1.165) is 36.5 Å². The molecule has 1 aliphatic carbocycles. The van der Waals surface area contributed by atoms with Crippen molar-refractivity contribution in [2.24, 2.45) is 5.92 Å². The van der Waals surface area contributed by atoms with Crippen molar-refractivity contribution in [1.29, 1.82) is 5.26 Å². The SMILES string of the molecule is N#C/C(C(=O)c1cccc2ccccc12)=C1\NC(=O)C2CCCCC2N1. The largest absolute Gasteiger partial charge is 0.367 e. The first kappa shape index (κ1) is 16.3. The maximum absolute atomic E-state index is 13.1. The Bertz CT molecular complexity index is 965. The number of carbonyl (C=O) groups excluding carboxylic acids is 2. The summed E-state index contributed by atoms with van der Waals surface area (Å²) in [4.78, 5) is 25.5. The number of hydrogen-bond donors (Lipinski definition) is 2. The van der Waals surface area contributed by atoms with Crippen LogP contribution in [-0.4, -0.2) is 17.7 Å². The number of rotatable bonds is 2. The lowest BCUT2D eigenvalue weighted by Crippen LogP contribution is -2.55. The number of hydrogen-bond acceptors (Lipinski definition) is 4. The fourth-order valence-corrected chi connectivity index (χ4v) is 3.97. The van der Waals surface area contributed by atoms with Gasteiger partial charge in [0.25, 0.3) is 0 Å². The van der Waals surface area contributed by atoms with Crippen LogP contribution in [0, 0.1) is 17.2 Å². The number of nitrogens with one attached hydrogen (secondary N) is 2. The Labute approximate surface area is 151 Å². The van der Waals surface area contributed by atoms with Crippen molar-refractivity contribution in [3.05, 3.63) is 59.4 Å². The van der Waals surface area contributed by atoms with Crippen LogP contribution >= 0.6 is 0 Å². The molecule has 130 valence electrons. The molecule has 2 N–H and O–H groups in total. The smallest absolute Gasteiger partial charge is 0.230 e. The first-order valence-electron chi connectivity index (χ1n) is 8.93. The Morgan fingerprint density at radius 1 is 1.08 bits per heavy atom. The van der Waals surface area contributed by atoms with Crippen molar-refractivity contribution >= 4 is 22.5 Å². The first-order chi connectivity index (χ1) is 12.7. The summed E-state index contributed by atoms with van der Waals surface area (Å²) in [6.07, 6.45) is 3.81. The van der Waals surface area contributed by atoms with E-state index in [2.05, 4.69) is 10.6 Å². The van der Waals surface area contributed by atoms with Crippen molar-refractivity contribution in [3.63, 3.8) is 0 Å². The Morgan fingerprint density at radius 3 is 2.69 bits per heavy atom. The molecule has 1 amide bonds. The normalized spacial score (nSPS) is 24.0. The minimum Gasteiger partial charge on any atom is -0.367 e. The zero-order valence-electron chi connectivity index (χ0n) is 14.3. The van der Waals surface area contributed by atoms with Gasteiger partial charge in [0.05, 0.1) is 5.92 Å². The molecular formula is C21H19N3O2. The average molecular weight is 345 g/mol. The van der Waals surface area contributed by atoms with E-state index in [1.54, 1.807) is 12.1 Å². The number of Topliss-reactive ketones (excluding diaryl/α,β-unsaturated/α-hetero) is 1. The zero-order valence-corrected chi connectivity index (χ0v) is 14.3. The highest BCUT2D eigenvalue weighted by molar-refractivity contribution is 6.18. The van der Waals surface area contributed by atoms with Crippen molar-refractivity contribution in [2.45, 2.75) is 31.7 Å². The second-order valence-corrected chi connectivity index (χ2v) is 6.85. The van der Waals surface area contributed by atoms with E-state index in [1.807, 2.05) is 36.4 Å². The van der Waals surface area contributed by atoms with Gasteiger partial charge in [-0.1, -0.05) is 55.3 Å². The minimum atomic E-state index is -0.374. The van der Waals surface area contributed by atoms with Gasteiger partial charge in [-0.25, -0.2) is 0 Å². The molecule has 1 aliphatic heterocycles. The molecule has 0 aromatic heterocycles. The summed E-state index contributed by atoms with van der Waals surface area (Å²) in [7, 11) is 0. The maximum atomic E-state index is 13.1. The third kappa shape index (κ3) is 2.74. The predicted octanol–water partition coefficient (Wildman–Crippen LogP) is 3.04. The summed E-state index contributed by atoms with van der Waals surface area (Å²) in [6.45, 7) is 0. The molecule has 0 radical (unpaired) electrons. The van der Waals surface area contributed by atoms with Gasteiger partial charge in [-0.15, -0.1) is 0 Å². The van der Waals surface area contributed by atoms with Gasteiger partial charge in [0.15, 0.2) is 0 Å². The monoisotopic (exact) mass is 345 g/mol. The number of ketones is 1. The molecule has 0 bridgehead atoms. The van der Waals surface area contributed by atoms with Crippen LogP contribution in [0.5, 0.6) is 0 Å². The summed E-state index contributed by atoms with van der Waals surface area (Å²) >= 11 is 0. The molecule has 5 nitrogen and oxygen atoms in total. The highest BCUT2D eigenvalue weighted by Gasteiger charge is 2.37. The van der Waals surface area contributed by atoms with Crippen LogP contribution in [0.1, 0.15) is 36.0 Å². The number of benzene rings is 2. The Kier molecular flexibility index (Phi) is 4.18. The maximum Gasteiger partial charge on any atom is 0.230 e. The van der Waals surface area contributed by atoms with Gasteiger partial charge < -0.3 is 10.6 Å². The zero-order chi connectivity index (χ0) is 18.1. The number of allylic oxidation sites excluding steroid dienone is 1. The quantitative estimate of drug-likeness (QED) is 0.498. The van der Waals surface area contributed by atoms with Crippen LogP contribution in [0.2, 0.25) is 0 Å². The highest BCUT2D eigenvalue weighted by atomic mass is 16.2. The number of carbonyl (C=O) groups is 2. The van der Waals surface area contributed by atoms with Crippen LogP contribution in [0.15, 0.2) is 53.9 Å². The molecule has 2 aromatic rings. The second kappa shape index (κ2) is 6.64. The van der Waals surface area contributed by atoms with E-state index in [4.69, 9.17) is 0 Å². The summed E-state index contributed by atoms with van der Waals surface area (Å²) in [5.74, 6) is -0.304. The van der Waals surface area contributed by atoms with Crippen molar-refractivity contribution in [2.75, 3.05) is 0 Å². The molecule has 5 heteroatoms. The Hall–Kier alpha value is -3.13.